The summed E-state index contributed by atoms with van der Waals surface area (Å²) in [6.45, 7) is 0. The van der Waals surface area contributed by atoms with Crippen LogP contribution in [0.5, 0.6) is 0 Å². The summed E-state index contributed by atoms with van der Waals surface area (Å²) in [6.07, 6.45) is 4.61. The molecule has 10 heavy (non-hydrogen) atoms. The Morgan fingerprint density at radius 1 is 1.10 bits per heavy atom. The molecule has 0 spiro atoms. The minimum atomic E-state index is 0.620. The Kier molecular flexibility index (Phi) is 1.49. The molecule has 2 rings (SSSR count). The number of hydrogen-bond donors (Lipinski definition) is 0. The van der Waals surface area contributed by atoms with Crippen LogP contribution in [-0.4, -0.2) is 0 Å². The van der Waals surface area contributed by atoms with Gasteiger partial charge in [0.15, 0.2) is 0 Å². The monoisotopic (exact) mass is 155 g/mol. The molecule has 0 saturated heterocycles. The van der Waals surface area contributed by atoms with Crippen LogP contribution < -0.4 is 0 Å². The summed E-state index contributed by atoms with van der Waals surface area (Å²) >= 11 is 5.78. The molecule has 1 radical (unpaired) electrons. The van der Waals surface area contributed by atoms with Gasteiger partial charge >= 0.3 is 0 Å². The highest BCUT2D eigenvalue weighted by Gasteiger charge is 2.24. The smallest absolute Gasteiger partial charge is 0.158 e. The van der Waals surface area contributed by atoms with E-state index in [0.29, 0.717) is 5.50 Å². The van der Waals surface area contributed by atoms with Crippen LogP contribution in [0.1, 0.15) is 25.7 Å². The molecule has 0 bridgehead atoms. The zero-order valence-electron chi connectivity index (χ0n) is 5.60. The molecule has 2 nitrogen and oxygen atoms in total. The fourth-order valence-electron chi connectivity index (χ4n) is 1.39. The van der Waals surface area contributed by atoms with E-state index in [0.717, 1.165) is 18.5 Å². The summed E-state index contributed by atoms with van der Waals surface area (Å²) in [5.41, 5.74) is 2.93. The van der Waals surface area contributed by atoms with Crippen LogP contribution in [0.3, 0.4) is 0 Å². The Bertz CT molecular complexity index is 208. The Morgan fingerprint density at radius 2 is 1.90 bits per heavy atom. The van der Waals surface area contributed by atoms with Crippen LogP contribution in [0.25, 0.3) is 0 Å². The quantitative estimate of drug-likeness (QED) is 0.481. The average molecular weight is 156 g/mol. The zero-order valence-corrected chi connectivity index (χ0v) is 6.36. The number of halogens is 1. The fraction of sp³-hybridized carbons (Fsp3) is 0.571. The fourth-order valence-corrected chi connectivity index (χ4v) is 1.63. The van der Waals surface area contributed by atoms with Crippen LogP contribution in [0, 0.1) is 5.50 Å². The summed E-state index contributed by atoms with van der Waals surface area (Å²) in [5.74, 6) is 0. The van der Waals surface area contributed by atoms with Crippen molar-refractivity contribution in [1.82, 2.24) is 0 Å². The predicted molar refractivity (Wildman–Crippen MR) is 39.4 cm³/mol. The van der Waals surface area contributed by atoms with Crippen molar-refractivity contribution in [2.24, 2.45) is 10.2 Å². The molecular formula is C7H8ClN2. The molecule has 1 heterocycles. The lowest BCUT2D eigenvalue weighted by molar-refractivity contribution is 0.679. The summed E-state index contributed by atoms with van der Waals surface area (Å²) in [5, 5.41) is 7.79. The highest BCUT2D eigenvalue weighted by atomic mass is 35.5. The van der Waals surface area contributed by atoms with Crippen molar-refractivity contribution in [1.29, 1.82) is 0 Å². The molecule has 0 N–H and O–H groups in total. The maximum Gasteiger partial charge on any atom is 0.222 e. The van der Waals surface area contributed by atoms with Gasteiger partial charge in [0.1, 0.15) is 0 Å². The molecule has 0 unspecified atom stereocenters. The van der Waals surface area contributed by atoms with Crippen molar-refractivity contribution < 1.29 is 0 Å². The molecule has 0 fully saturated rings. The van der Waals surface area contributed by atoms with E-state index >= 15 is 0 Å². The van der Waals surface area contributed by atoms with Crippen LogP contribution in [0.4, 0.5) is 0 Å². The van der Waals surface area contributed by atoms with Crippen molar-refractivity contribution in [2.75, 3.05) is 0 Å². The standard InChI is InChI=1S/C7H8ClN2/c8-7-5-3-1-2-4-6(5)9-10-7/h1-4H2. The second kappa shape index (κ2) is 2.35. The first-order chi connectivity index (χ1) is 4.88. The number of hydrogen-bond acceptors (Lipinski definition) is 2. The van der Waals surface area contributed by atoms with Gasteiger partial charge in [0, 0.05) is 5.57 Å². The number of allylic oxidation sites excluding steroid dienone is 1. The van der Waals surface area contributed by atoms with Gasteiger partial charge in [0.2, 0.25) is 5.50 Å². The van der Waals surface area contributed by atoms with Gasteiger partial charge in [0.25, 0.3) is 0 Å². The largest absolute Gasteiger partial charge is 0.222 e. The molecule has 0 atom stereocenters. The van der Waals surface area contributed by atoms with Gasteiger partial charge in [-0.25, -0.2) is 0 Å². The molecule has 53 valence electrons. The first-order valence-corrected chi connectivity index (χ1v) is 3.92. The van der Waals surface area contributed by atoms with Gasteiger partial charge in [-0.15, -0.1) is 0 Å². The molecular weight excluding hydrogens is 148 g/mol. The predicted octanol–water partition coefficient (Wildman–Crippen LogP) is 3.01. The summed E-state index contributed by atoms with van der Waals surface area (Å²) in [6, 6.07) is 0. The van der Waals surface area contributed by atoms with Gasteiger partial charge in [-0.3, -0.25) is 0 Å². The van der Waals surface area contributed by atoms with Gasteiger partial charge in [-0.1, -0.05) is 11.6 Å². The zero-order chi connectivity index (χ0) is 6.97. The van der Waals surface area contributed by atoms with E-state index < -0.39 is 0 Å². The number of azo groups is 1. The van der Waals surface area contributed by atoms with Crippen LogP contribution in [0.2, 0.25) is 0 Å². The third kappa shape index (κ3) is 0.870. The molecule has 3 heteroatoms. The van der Waals surface area contributed by atoms with Crippen molar-refractivity contribution >= 4 is 11.6 Å². The maximum absolute atomic E-state index is 5.78. The maximum atomic E-state index is 5.78. The Morgan fingerprint density at radius 3 is 2.70 bits per heavy atom. The van der Waals surface area contributed by atoms with Crippen LogP contribution in [0.15, 0.2) is 21.5 Å². The Balaban J connectivity index is 2.27. The van der Waals surface area contributed by atoms with E-state index in [2.05, 4.69) is 10.2 Å². The van der Waals surface area contributed by atoms with E-state index in [1.807, 2.05) is 0 Å². The van der Waals surface area contributed by atoms with E-state index in [1.165, 1.54) is 18.4 Å². The summed E-state index contributed by atoms with van der Waals surface area (Å²) in [4.78, 5) is 0. The second-order valence-electron chi connectivity index (χ2n) is 2.62. The summed E-state index contributed by atoms with van der Waals surface area (Å²) < 4.78 is 0. The highest BCUT2D eigenvalue weighted by molar-refractivity contribution is 6.29. The van der Waals surface area contributed by atoms with E-state index in [9.17, 15) is 0 Å². The minimum absolute atomic E-state index is 0.620. The van der Waals surface area contributed by atoms with Crippen LogP contribution >= 0.6 is 11.6 Å². The van der Waals surface area contributed by atoms with E-state index in [-0.39, 0.29) is 0 Å². The Labute approximate surface area is 65.0 Å². The van der Waals surface area contributed by atoms with Gasteiger partial charge in [0.05, 0.1) is 5.70 Å². The molecule has 0 aromatic heterocycles. The first kappa shape index (κ1) is 6.35. The molecule has 1 aliphatic heterocycles. The topological polar surface area (TPSA) is 24.7 Å². The molecule has 0 aromatic rings. The SMILES string of the molecule is Cl[C]1N=NC2=C1CCCC2. The molecule has 2 aliphatic rings. The third-order valence-corrected chi connectivity index (χ3v) is 2.25. The second-order valence-corrected chi connectivity index (χ2v) is 2.98. The molecule has 1 aliphatic carbocycles. The minimum Gasteiger partial charge on any atom is -0.158 e. The van der Waals surface area contributed by atoms with E-state index in [1.54, 1.807) is 0 Å². The van der Waals surface area contributed by atoms with Crippen LogP contribution in [-0.2, 0) is 0 Å². The summed E-state index contributed by atoms with van der Waals surface area (Å²) in [7, 11) is 0. The normalized spacial score (nSPS) is 25.7. The van der Waals surface area contributed by atoms with Gasteiger partial charge < -0.3 is 0 Å². The Hall–Kier alpha value is -0.370. The lowest BCUT2D eigenvalue weighted by Gasteiger charge is -2.10. The molecule has 0 amide bonds. The van der Waals surface area contributed by atoms with Crippen molar-refractivity contribution in [3.63, 3.8) is 0 Å². The lowest BCUT2D eigenvalue weighted by atomic mass is 9.97. The van der Waals surface area contributed by atoms with E-state index in [4.69, 9.17) is 11.6 Å². The highest BCUT2D eigenvalue weighted by Crippen LogP contribution is 2.39. The first-order valence-electron chi connectivity index (χ1n) is 3.54. The molecule has 0 aromatic carbocycles. The average Bonchev–Trinajstić information content (AvgIpc) is 2.34. The van der Waals surface area contributed by atoms with Gasteiger partial charge in [-0.2, -0.15) is 10.2 Å². The lowest BCUT2D eigenvalue weighted by Crippen LogP contribution is -1.96. The molecule has 0 saturated carbocycles. The number of nitrogens with zero attached hydrogens (tertiary/aromatic N) is 2. The third-order valence-electron chi connectivity index (χ3n) is 1.95. The number of rotatable bonds is 0. The van der Waals surface area contributed by atoms with Crippen molar-refractivity contribution in [3.05, 3.63) is 16.8 Å². The van der Waals surface area contributed by atoms with Gasteiger partial charge in [-0.05, 0) is 25.7 Å². The van der Waals surface area contributed by atoms with Crippen molar-refractivity contribution in [2.45, 2.75) is 25.7 Å². The van der Waals surface area contributed by atoms with Crippen molar-refractivity contribution in [3.8, 4) is 0 Å².